The summed E-state index contributed by atoms with van der Waals surface area (Å²) < 4.78 is 5.61. The number of amides is 3. The Morgan fingerprint density at radius 2 is 2.00 bits per heavy atom. The number of likely N-dealkylation sites (tertiary alicyclic amines) is 1. The first-order valence-electron chi connectivity index (χ1n) is 11.4. The van der Waals surface area contributed by atoms with Gasteiger partial charge in [0.1, 0.15) is 11.8 Å². The molecule has 0 bridgehead atoms. The molecule has 1 aromatic carbocycles. The van der Waals surface area contributed by atoms with Crippen LogP contribution < -0.4 is 15.4 Å². The minimum absolute atomic E-state index is 0.0272. The first kappa shape index (κ1) is 25.1. The van der Waals surface area contributed by atoms with Crippen molar-refractivity contribution < 1.29 is 23.9 Å². The lowest BCUT2D eigenvalue weighted by molar-refractivity contribution is -0.141. The highest BCUT2D eigenvalue weighted by atomic mass is 35.5. The van der Waals surface area contributed by atoms with Crippen molar-refractivity contribution in [3.63, 3.8) is 0 Å². The van der Waals surface area contributed by atoms with Crippen LogP contribution in [0.15, 0.2) is 18.2 Å². The third kappa shape index (κ3) is 5.47. The monoisotopic (exact) mass is 527 g/mol. The zero-order valence-electron chi connectivity index (χ0n) is 18.5. The minimum Gasteiger partial charge on any atom is -0.484 e. The Balaban J connectivity index is 1.44. The number of rotatable bonds is 8. The van der Waals surface area contributed by atoms with Crippen LogP contribution in [0.25, 0.3) is 0 Å². The van der Waals surface area contributed by atoms with Gasteiger partial charge in [0.25, 0.3) is 5.91 Å². The van der Waals surface area contributed by atoms with Crippen LogP contribution in [-0.4, -0.2) is 59.5 Å². The second kappa shape index (κ2) is 10.7. The van der Waals surface area contributed by atoms with Gasteiger partial charge < -0.3 is 20.3 Å². The van der Waals surface area contributed by atoms with Crippen molar-refractivity contribution in [3.8, 4) is 5.75 Å². The smallest absolute Gasteiger partial charge is 0.261 e. The van der Waals surface area contributed by atoms with Crippen molar-refractivity contribution >= 4 is 58.7 Å². The molecule has 2 saturated heterocycles. The maximum Gasteiger partial charge on any atom is 0.261 e. The maximum atomic E-state index is 13.4. The highest BCUT2D eigenvalue weighted by Gasteiger charge is 2.50. The van der Waals surface area contributed by atoms with Crippen LogP contribution in [-0.2, 0) is 19.2 Å². The number of nitrogens with one attached hydrogen (secondary N) is 2. The van der Waals surface area contributed by atoms with Crippen LogP contribution in [0, 0.1) is 17.8 Å². The highest BCUT2D eigenvalue weighted by molar-refractivity contribution is 7.96. The number of hydrogen-bond acceptors (Lipinski definition) is 5. The van der Waals surface area contributed by atoms with E-state index in [9.17, 15) is 19.2 Å². The molecular formula is C23H27Cl2N3O5S. The quantitative estimate of drug-likeness (QED) is 0.450. The number of benzene rings is 1. The van der Waals surface area contributed by atoms with Gasteiger partial charge >= 0.3 is 0 Å². The second-order valence-corrected chi connectivity index (χ2v) is 10.4. The lowest BCUT2D eigenvalue weighted by Gasteiger charge is -2.29. The van der Waals surface area contributed by atoms with Gasteiger partial charge in [0, 0.05) is 25.1 Å². The molecule has 1 saturated carbocycles. The van der Waals surface area contributed by atoms with Gasteiger partial charge in [-0.2, -0.15) is 0 Å². The summed E-state index contributed by atoms with van der Waals surface area (Å²) in [6.45, 7) is 0.771. The number of carbonyl (C=O) groups is 4. The van der Waals surface area contributed by atoms with Crippen molar-refractivity contribution in [3.05, 3.63) is 28.2 Å². The first-order chi connectivity index (χ1) is 16.2. The van der Waals surface area contributed by atoms with Crippen molar-refractivity contribution in [2.75, 3.05) is 19.7 Å². The molecule has 0 radical (unpaired) electrons. The Morgan fingerprint density at radius 3 is 2.68 bits per heavy atom. The molecule has 2 aliphatic heterocycles. The Bertz CT molecular complexity index is 993. The topological polar surface area (TPSA) is 105 Å². The summed E-state index contributed by atoms with van der Waals surface area (Å²) in [5.74, 6) is -0.510. The van der Waals surface area contributed by atoms with Crippen LogP contribution in [0.5, 0.6) is 5.75 Å². The first-order valence-corrected chi connectivity index (χ1v) is 12.6. The third-order valence-corrected chi connectivity index (χ3v) is 8.08. The average Bonchev–Trinajstić information content (AvgIpc) is 3.50. The summed E-state index contributed by atoms with van der Waals surface area (Å²) in [5, 5.41) is 5.71. The van der Waals surface area contributed by atoms with E-state index in [4.69, 9.17) is 27.9 Å². The molecule has 11 heteroatoms. The van der Waals surface area contributed by atoms with Crippen LogP contribution >= 0.6 is 35.8 Å². The minimum atomic E-state index is -0.894. The van der Waals surface area contributed by atoms with E-state index in [1.165, 1.54) is 6.07 Å². The lowest BCUT2D eigenvalue weighted by Crippen LogP contribution is -2.53. The molecular weight excluding hydrogens is 501 g/mol. The SMILES string of the molecule is O=C1NCC[C@H]1C[C@H](NC(=O)[C@@H]1[C@H]2CCC[C@H]2CN1C(=O)COc1ccc(Cl)c(Cl)c1)C(=O)S. The Labute approximate surface area is 213 Å². The van der Waals surface area contributed by atoms with E-state index >= 15 is 0 Å². The average molecular weight is 528 g/mol. The van der Waals surface area contributed by atoms with Crippen LogP contribution in [0.3, 0.4) is 0 Å². The van der Waals surface area contributed by atoms with Crippen LogP contribution in [0.1, 0.15) is 32.1 Å². The van der Waals surface area contributed by atoms with E-state index < -0.39 is 17.2 Å². The molecule has 4 rings (SSSR count). The summed E-state index contributed by atoms with van der Waals surface area (Å²) in [7, 11) is 0. The third-order valence-electron chi connectivity index (χ3n) is 7.03. The van der Waals surface area contributed by atoms with Crippen molar-refractivity contribution in [1.82, 2.24) is 15.5 Å². The fourth-order valence-electron chi connectivity index (χ4n) is 5.33. The number of thiol groups is 1. The summed E-state index contributed by atoms with van der Waals surface area (Å²) in [6, 6.07) is 3.15. The van der Waals surface area contributed by atoms with E-state index in [0.717, 1.165) is 19.3 Å². The second-order valence-electron chi connectivity index (χ2n) is 9.12. The van der Waals surface area contributed by atoms with Crippen molar-refractivity contribution in [2.45, 2.75) is 44.2 Å². The zero-order chi connectivity index (χ0) is 24.4. The van der Waals surface area contributed by atoms with Gasteiger partial charge in [0.15, 0.2) is 6.61 Å². The molecule has 0 aromatic heterocycles. The van der Waals surface area contributed by atoms with E-state index in [1.807, 2.05) is 0 Å². The number of fused-ring (bicyclic) bond motifs is 1. The largest absolute Gasteiger partial charge is 0.484 e. The molecule has 3 amide bonds. The lowest BCUT2D eigenvalue weighted by atomic mass is 9.92. The molecule has 0 unspecified atom stereocenters. The summed E-state index contributed by atoms with van der Waals surface area (Å²) in [4.78, 5) is 52.1. The van der Waals surface area contributed by atoms with Gasteiger partial charge in [0.05, 0.1) is 16.1 Å². The van der Waals surface area contributed by atoms with Crippen molar-refractivity contribution in [1.29, 1.82) is 0 Å². The molecule has 1 aliphatic carbocycles. The van der Waals surface area contributed by atoms with Gasteiger partial charge in [-0.3, -0.25) is 19.2 Å². The van der Waals surface area contributed by atoms with Crippen molar-refractivity contribution in [2.24, 2.45) is 17.8 Å². The predicted molar refractivity (Wildman–Crippen MR) is 130 cm³/mol. The molecule has 3 aliphatic rings. The molecule has 2 heterocycles. The molecule has 5 atom stereocenters. The van der Waals surface area contributed by atoms with E-state index in [0.29, 0.717) is 35.3 Å². The fourth-order valence-corrected chi connectivity index (χ4v) is 5.78. The number of hydrogen-bond donors (Lipinski definition) is 3. The molecule has 184 valence electrons. The summed E-state index contributed by atoms with van der Waals surface area (Å²) in [5.41, 5.74) is 0. The van der Waals surface area contributed by atoms with E-state index in [2.05, 4.69) is 23.3 Å². The number of halogens is 2. The van der Waals surface area contributed by atoms with E-state index in [-0.39, 0.29) is 48.5 Å². The Hall–Kier alpha value is -1.97. The fraction of sp³-hybridized carbons (Fsp3) is 0.565. The van der Waals surface area contributed by atoms with Gasteiger partial charge in [-0.15, -0.1) is 12.6 Å². The summed E-state index contributed by atoms with van der Waals surface area (Å²) in [6.07, 6.45) is 3.58. The number of carbonyl (C=O) groups excluding carboxylic acids is 4. The number of ether oxygens (including phenoxy) is 1. The Morgan fingerprint density at radius 1 is 1.21 bits per heavy atom. The molecule has 34 heavy (non-hydrogen) atoms. The van der Waals surface area contributed by atoms with Gasteiger partial charge in [-0.05, 0) is 49.7 Å². The van der Waals surface area contributed by atoms with Crippen LogP contribution in [0.4, 0.5) is 0 Å². The normalized spacial score (nSPS) is 26.7. The molecule has 0 spiro atoms. The Kier molecular flexibility index (Phi) is 7.94. The maximum absolute atomic E-state index is 13.4. The van der Waals surface area contributed by atoms with Crippen LogP contribution in [0.2, 0.25) is 10.0 Å². The molecule has 2 N–H and O–H groups in total. The van der Waals surface area contributed by atoms with Gasteiger partial charge in [0.2, 0.25) is 16.9 Å². The summed E-state index contributed by atoms with van der Waals surface area (Å²) >= 11 is 15.9. The molecule has 8 nitrogen and oxygen atoms in total. The highest BCUT2D eigenvalue weighted by Crippen LogP contribution is 2.42. The van der Waals surface area contributed by atoms with Gasteiger partial charge in [-0.1, -0.05) is 29.6 Å². The standard InChI is InChI=1S/C23H27Cl2N3O5S/c24-16-5-4-14(9-17(16)25)33-11-19(29)28-10-13-2-1-3-15(13)20(28)22(31)27-18(23(32)34)8-12-6-7-26-21(12)30/h4-5,9,12-13,15,18,20H,1-3,6-8,10-11H2,(H,26,30)(H,27,31)(H,32,34)/t12-,13-,15-,18-,20-/m0/s1. The zero-order valence-corrected chi connectivity index (χ0v) is 20.9. The molecule has 3 fully saturated rings. The number of nitrogens with zero attached hydrogens (tertiary/aromatic N) is 1. The predicted octanol–water partition coefficient (Wildman–Crippen LogP) is 2.47. The van der Waals surface area contributed by atoms with E-state index in [1.54, 1.807) is 17.0 Å². The molecule has 1 aromatic rings. The van der Waals surface area contributed by atoms with Gasteiger partial charge in [-0.25, -0.2) is 0 Å².